The number of amides is 1. The van der Waals surface area contributed by atoms with Gasteiger partial charge in [0.15, 0.2) is 0 Å². The van der Waals surface area contributed by atoms with E-state index in [2.05, 4.69) is 14.9 Å². The van der Waals surface area contributed by atoms with E-state index in [9.17, 15) is 17.6 Å². The van der Waals surface area contributed by atoms with Crippen LogP contribution in [0.15, 0.2) is 18.2 Å². The Morgan fingerprint density at radius 3 is 2.75 bits per heavy atom. The number of nitrogens with one attached hydrogen (secondary N) is 2. The fourth-order valence-electron chi connectivity index (χ4n) is 4.33. The molecule has 28 heavy (non-hydrogen) atoms. The van der Waals surface area contributed by atoms with Crippen molar-refractivity contribution in [3.8, 4) is 0 Å². The van der Waals surface area contributed by atoms with E-state index < -0.39 is 16.1 Å². The van der Waals surface area contributed by atoms with E-state index in [1.165, 1.54) is 12.5 Å². The van der Waals surface area contributed by atoms with Crippen molar-refractivity contribution in [3.63, 3.8) is 0 Å². The number of halogens is 1. The summed E-state index contributed by atoms with van der Waals surface area (Å²) in [6, 6.07) is 4.06. The summed E-state index contributed by atoms with van der Waals surface area (Å²) in [6.07, 6.45) is 8.04. The highest BCUT2D eigenvalue weighted by atomic mass is 32.2. The van der Waals surface area contributed by atoms with Crippen LogP contribution in [-0.2, 0) is 21.2 Å². The highest BCUT2D eigenvalue weighted by molar-refractivity contribution is 7.88. The van der Waals surface area contributed by atoms with Gasteiger partial charge in [-0.3, -0.25) is 4.79 Å². The van der Waals surface area contributed by atoms with E-state index in [1.54, 1.807) is 12.1 Å². The number of benzene rings is 1. The lowest BCUT2D eigenvalue weighted by Crippen LogP contribution is -2.48. The van der Waals surface area contributed by atoms with Gasteiger partial charge in [0.2, 0.25) is 15.9 Å². The van der Waals surface area contributed by atoms with E-state index >= 15 is 0 Å². The van der Waals surface area contributed by atoms with Gasteiger partial charge in [0, 0.05) is 25.3 Å². The fourth-order valence-corrected chi connectivity index (χ4v) is 5.05. The second kappa shape index (κ2) is 9.22. The molecule has 1 atom stereocenters. The number of hydrogen-bond donors (Lipinski definition) is 2. The van der Waals surface area contributed by atoms with Crippen molar-refractivity contribution in [2.75, 3.05) is 30.8 Å². The molecule has 2 N–H and O–H groups in total. The van der Waals surface area contributed by atoms with Crippen LogP contribution in [0.4, 0.5) is 10.1 Å². The van der Waals surface area contributed by atoms with Crippen LogP contribution < -0.4 is 14.9 Å². The lowest BCUT2D eigenvalue weighted by molar-refractivity contribution is -0.123. The van der Waals surface area contributed by atoms with Gasteiger partial charge in [-0.2, -0.15) is 0 Å². The molecule has 0 bridgehead atoms. The van der Waals surface area contributed by atoms with Gasteiger partial charge in [0.25, 0.3) is 0 Å². The summed E-state index contributed by atoms with van der Waals surface area (Å²) in [4.78, 5) is 14.8. The third kappa shape index (κ3) is 5.91. The minimum absolute atomic E-state index is 0.230. The number of carbonyl (C=O) groups is 1. The molecule has 8 heteroatoms. The van der Waals surface area contributed by atoms with Gasteiger partial charge in [-0.1, -0.05) is 32.1 Å². The van der Waals surface area contributed by atoms with Crippen molar-refractivity contribution in [1.29, 1.82) is 0 Å². The Bertz CT molecular complexity index is 794. The lowest BCUT2D eigenvalue weighted by Gasteiger charge is -2.26. The second-order valence-electron chi connectivity index (χ2n) is 7.98. The summed E-state index contributed by atoms with van der Waals surface area (Å²) >= 11 is 0. The van der Waals surface area contributed by atoms with Crippen molar-refractivity contribution in [2.45, 2.75) is 51.0 Å². The Morgan fingerprint density at radius 1 is 1.29 bits per heavy atom. The molecule has 0 saturated heterocycles. The van der Waals surface area contributed by atoms with Crippen molar-refractivity contribution in [3.05, 3.63) is 29.6 Å². The Labute approximate surface area is 166 Å². The first-order valence-corrected chi connectivity index (χ1v) is 12.0. The summed E-state index contributed by atoms with van der Waals surface area (Å²) < 4.78 is 39.3. The molecule has 1 fully saturated rings. The minimum Gasteiger partial charge on any atom is -0.369 e. The summed E-state index contributed by atoms with van der Waals surface area (Å²) in [7, 11) is -3.46. The maximum absolute atomic E-state index is 13.3. The molecule has 1 amide bonds. The Hall–Kier alpha value is -1.67. The van der Waals surface area contributed by atoms with E-state index in [1.807, 2.05) is 0 Å². The van der Waals surface area contributed by atoms with Crippen molar-refractivity contribution >= 4 is 21.6 Å². The molecule has 1 saturated carbocycles. The molecule has 1 aromatic carbocycles. The molecular formula is C20H30FN3O3S. The van der Waals surface area contributed by atoms with Gasteiger partial charge < -0.3 is 10.2 Å². The van der Waals surface area contributed by atoms with Crippen LogP contribution in [0.1, 0.15) is 44.1 Å². The van der Waals surface area contributed by atoms with Gasteiger partial charge in [0.05, 0.1) is 6.26 Å². The topological polar surface area (TPSA) is 78.5 Å². The molecule has 0 aromatic heterocycles. The van der Waals surface area contributed by atoms with Crippen LogP contribution in [0.2, 0.25) is 0 Å². The van der Waals surface area contributed by atoms with Crippen molar-refractivity contribution < 1.29 is 17.6 Å². The number of carbonyl (C=O) groups excluding carboxylic acids is 1. The number of nitrogens with zero attached hydrogens (tertiary/aromatic N) is 1. The molecule has 1 heterocycles. The zero-order valence-corrected chi connectivity index (χ0v) is 17.2. The van der Waals surface area contributed by atoms with Crippen molar-refractivity contribution in [1.82, 2.24) is 10.0 Å². The van der Waals surface area contributed by atoms with Crippen LogP contribution in [0.25, 0.3) is 0 Å². The molecule has 156 valence electrons. The van der Waals surface area contributed by atoms with E-state index in [-0.39, 0.29) is 11.7 Å². The zero-order chi connectivity index (χ0) is 20.1. The van der Waals surface area contributed by atoms with Crippen molar-refractivity contribution in [2.24, 2.45) is 5.92 Å². The maximum Gasteiger partial charge on any atom is 0.238 e. The number of anilines is 1. The molecule has 1 unspecified atom stereocenters. The third-order valence-electron chi connectivity index (χ3n) is 5.68. The van der Waals surface area contributed by atoms with Crippen LogP contribution in [0.3, 0.4) is 0 Å². The number of rotatable bonds is 8. The number of fused-ring (bicyclic) bond motifs is 1. The predicted octanol–water partition coefficient (Wildman–Crippen LogP) is 2.19. The van der Waals surface area contributed by atoms with E-state index in [4.69, 9.17) is 0 Å². The average molecular weight is 412 g/mol. The Balaban J connectivity index is 1.53. The third-order valence-corrected chi connectivity index (χ3v) is 6.39. The monoisotopic (exact) mass is 411 g/mol. The molecule has 6 nitrogen and oxygen atoms in total. The van der Waals surface area contributed by atoms with Gasteiger partial charge in [-0.25, -0.2) is 17.5 Å². The molecule has 1 aromatic rings. The summed E-state index contributed by atoms with van der Waals surface area (Å²) in [5.74, 6) is -0.111. The van der Waals surface area contributed by atoms with Gasteiger partial charge >= 0.3 is 0 Å². The van der Waals surface area contributed by atoms with E-state index in [0.29, 0.717) is 25.4 Å². The maximum atomic E-state index is 13.3. The summed E-state index contributed by atoms with van der Waals surface area (Å²) in [5, 5.41) is 2.88. The normalized spacial score (nSPS) is 18.7. The fraction of sp³-hybridized carbons (Fsp3) is 0.650. The standard InChI is InChI=1S/C20H30FN3O3S/c1-28(26,27)23-18(13-15-5-3-2-4-6-15)20(25)22-10-12-24-11-9-16-14-17(21)7-8-19(16)24/h7-8,14-15,18,23H,2-6,9-13H2,1H3,(H,22,25). The smallest absolute Gasteiger partial charge is 0.238 e. The molecule has 1 aliphatic carbocycles. The number of sulfonamides is 1. The highest BCUT2D eigenvalue weighted by Crippen LogP contribution is 2.28. The Kier molecular flexibility index (Phi) is 6.93. The van der Waals surface area contributed by atoms with Gasteiger partial charge in [0.1, 0.15) is 11.9 Å². The highest BCUT2D eigenvalue weighted by Gasteiger charge is 2.27. The molecule has 1 aliphatic heterocycles. The summed E-state index contributed by atoms with van der Waals surface area (Å²) in [6.45, 7) is 1.82. The quantitative estimate of drug-likeness (QED) is 0.687. The van der Waals surface area contributed by atoms with E-state index in [0.717, 1.165) is 56.2 Å². The van der Waals surface area contributed by atoms with Crippen LogP contribution in [-0.4, -0.2) is 46.3 Å². The predicted molar refractivity (Wildman–Crippen MR) is 108 cm³/mol. The van der Waals surface area contributed by atoms with Gasteiger partial charge in [-0.15, -0.1) is 0 Å². The molecule has 2 aliphatic rings. The minimum atomic E-state index is -3.46. The van der Waals surface area contributed by atoms with Crippen LogP contribution in [0.5, 0.6) is 0 Å². The molecular weight excluding hydrogens is 381 g/mol. The summed E-state index contributed by atoms with van der Waals surface area (Å²) in [5.41, 5.74) is 1.99. The number of hydrogen-bond acceptors (Lipinski definition) is 4. The first-order chi connectivity index (χ1) is 13.3. The first-order valence-electron chi connectivity index (χ1n) is 10.1. The zero-order valence-electron chi connectivity index (χ0n) is 16.4. The average Bonchev–Trinajstić information content (AvgIpc) is 3.03. The molecule has 0 radical (unpaired) electrons. The SMILES string of the molecule is CS(=O)(=O)NC(CC1CCCCC1)C(=O)NCCN1CCc2cc(F)ccc21. The largest absolute Gasteiger partial charge is 0.369 e. The van der Waals surface area contributed by atoms with Crippen LogP contribution >= 0.6 is 0 Å². The first kappa shape index (κ1) is 21.0. The molecule has 0 spiro atoms. The van der Waals surface area contributed by atoms with Crippen LogP contribution in [0, 0.1) is 11.7 Å². The second-order valence-corrected chi connectivity index (χ2v) is 9.76. The molecule has 3 rings (SSSR count). The Morgan fingerprint density at radius 2 is 2.04 bits per heavy atom. The van der Waals surface area contributed by atoms with Gasteiger partial charge in [-0.05, 0) is 42.5 Å². The lowest BCUT2D eigenvalue weighted by atomic mass is 9.85.